The highest BCUT2D eigenvalue weighted by Gasteiger charge is 2.15. The van der Waals surface area contributed by atoms with Gasteiger partial charge in [0, 0.05) is 17.7 Å². The van der Waals surface area contributed by atoms with E-state index in [0.717, 1.165) is 12.1 Å². The molecule has 0 radical (unpaired) electrons. The van der Waals surface area contributed by atoms with E-state index in [2.05, 4.69) is 0 Å². The first-order chi connectivity index (χ1) is 8.99. The molecule has 0 fully saturated rings. The summed E-state index contributed by atoms with van der Waals surface area (Å²) in [6.45, 7) is 1.59. The van der Waals surface area contributed by atoms with Crippen molar-refractivity contribution < 1.29 is 17.9 Å². The Hall–Kier alpha value is -2.01. The van der Waals surface area contributed by atoms with E-state index in [4.69, 9.17) is 10.5 Å². The van der Waals surface area contributed by atoms with Gasteiger partial charge in [-0.3, -0.25) is 0 Å². The molecule has 0 aliphatic carbocycles. The van der Waals surface area contributed by atoms with Gasteiger partial charge < -0.3 is 10.5 Å². The van der Waals surface area contributed by atoms with Gasteiger partial charge in [0.05, 0.1) is 0 Å². The van der Waals surface area contributed by atoms with Crippen LogP contribution in [0.2, 0.25) is 0 Å². The van der Waals surface area contributed by atoms with Crippen LogP contribution in [-0.4, -0.2) is 0 Å². The van der Waals surface area contributed by atoms with Crippen LogP contribution in [0.5, 0.6) is 11.5 Å². The Morgan fingerprint density at radius 1 is 1.00 bits per heavy atom. The largest absolute Gasteiger partial charge is 0.454 e. The molecule has 19 heavy (non-hydrogen) atoms. The van der Waals surface area contributed by atoms with Crippen molar-refractivity contribution in [3.63, 3.8) is 0 Å². The molecule has 2 aromatic carbocycles. The smallest absolute Gasteiger partial charge is 0.168 e. The van der Waals surface area contributed by atoms with Crippen molar-refractivity contribution in [2.45, 2.75) is 13.0 Å². The molecule has 0 aliphatic rings. The first kappa shape index (κ1) is 13.4. The molecule has 0 spiro atoms. The summed E-state index contributed by atoms with van der Waals surface area (Å²) in [4.78, 5) is 0. The van der Waals surface area contributed by atoms with E-state index < -0.39 is 23.5 Å². The highest BCUT2D eigenvalue weighted by Crippen LogP contribution is 2.32. The van der Waals surface area contributed by atoms with Crippen molar-refractivity contribution in [2.75, 3.05) is 0 Å². The highest BCUT2D eigenvalue weighted by atomic mass is 19.1. The first-order valence-electron chi connectivity index (χ1n) is 5.66. The molecule has 0 unspecified atom stereocenters. The van der Waals surface area contributed by atoms with Crippen LogP contribution >= 0.6 is 0 Å². The number of nitrogens with two attached hydrogens (primary N) is 1. The van der Waals surface area contributed by atoms with Crippen LogP contribution in [0, 0.1) is 17.5 Å². The van der Waals surface area contributed by atoms with E-state index in [0.29, 0.717) is 6.07 Å². The molecule has 0 aliphatic heterocycles. The molecular weight excluding hydrogens is 255 g/mol. The second-order valence-corrected chi connectivity index (χ2v) is 4.12. The highest BCUT2D eigenvalue weighted by molar-refractivity contribution is 5.40. The maximum absolute atomic E-state index is 13.7. The van der Waals surface area contributed by atoms with E-state index in [1.54, 1.807) is 6.92 Å². The molecule has 0 heterocycles. The molecule has 100 valence electrons. The van der Waals surface area contributed by atoms with Gasteiger partial charge in [0.2, 0.25) is 0 Å². The Labute approximate surface area is 108 Å². The third kappa shape index (κ3) is 2.88. The standard InChI is InChI=1S/C14H12F3NO/c1-8(18)14-10(16)3-2-4-13(14)19-12-6-5-9(15)7-11(12)17/h2-8H,18H2,1H3/t8-/m0/s1. The summed E-state index contributed by atoms with van der Waals surface area (Å²) in [6, 6.07) is 6.43. The number of hydrogen-bond acceptors (Lipinski definition) is 2. The Morgan fingerprint density at radius 3 is 2.37 bits per heavy atom. The van der Waals surface area contributed by atoms with Gasteiger partial charge in [0.15, 0.2) is 11.6 Å². The minimum atomic E-state index is -0.861. The van der Waals surface area contributed by atoms with Gasteiger partial charge in [0.1, 0.15) is 17.4 Å². The van der Waals surface area contributed by atoms with Gasteiger partial charge in [-0.05, 0) is 31.2 Å². The third-order valence-electron chi connectivity index (χ3n) is 2.58. The zero-order valence-electron chi connectivity index (χ0n) is 10.2. The Balaban J connectivity index is 2.41. The van der Waals surface area contributed by atoms with Crippen LogP contribution in [0.3, 0.4) is 0 Å². The monoisotopic (exact) mass is 267 g/mol. The molecule has 5 heteroatoms. The minimum absolute atomic E-state index is 0.112. The summed E-state index contributed by atoms with van der Waals surface area (Å²) in [5.41, 5.74) is 5.80. The lowest BCUT2D eigenvalue weighted by molar-refractivity contribution is 0.425. The topological polar surface area (TPSA) is 35.2 Å². The Morgan fingerprint density at radius 2 is 1.74 bits per heavy atom. The zero-order valence-corrected chi connectivity index (χ0v) is 10.2. The summed E-state index contributed by atoms with van der Waals surface area (Å²) in [7, 11) is 0. The number of halogens is 3. The maximum Gasteiger partial charge on any atom is 0.168 e. The molecule has 0 bridgehead atoms. The number of hydrogen-bond donors (Lipinski definition) is 1. The molecule has 2 nitrogen and oxygen atoms in total. The van der Waals surface area contributed by atoms with E-state index in [9.17, 15) is 13.2 Å². The Bertz CT molecular complexity index is 599. The van der Waals surface area contributed by atoms with Gasteiger partial charge in [-0.15, -0.1) is 0 Å². The summed E-state index contributed by atoms with van der Waals surface area (Å²) in [5, 5.41) is 0. The van der Waals surface area contributed by atoms with Crippen molar-refractivity contribution in [1.82, 2.24) is 0 Å². The van der Waals surface area contributed by atoms with Crippen molar-refractivity contribution in [3.05, 3.63) is 59.4 Å². The second kappa shape index (κ2) is 5.32. The molecule has 0 aromatic heterocycles. The van der Waals surface area contributed by atoms with Crippen LogP contribution in [0.4, 0.5) is 13.2 Å². The lowest BCUT2D eigenvalue weighted by Crippen LogP contribution is -2.09. The molecule has 2 rings (SSSR count). The average Bonchev–Trinajstić information content (AvgIpc) is 2.32. The molecule has 0 saturated heterocycles. The van der Waals surface area contributed by atoms with E-state index in [1.165, 1.54) is 18.2 Å². The van der Waals surface area contributed by atoms with E-state index in [1.807, 2.05) is 0 Å². The molecule has 0 amide bonds. The number of ether oxygens (including phenoxy) is 1. The van der Waals surface area contributed by atoms with Crippen molar-refractivity contribution >= 4 is 0 Å². The normalized spacial score (nSPS) is 12.3. The van der Waals surface area contributed by atoms with Crippen LogP contribution < -0.4 is 10.5 Å². The predicted octanol–water partition coefficient (Wildman–Crippen LogP) is 3.92. The summed E-state index contributed by atoms with van der Waals surface area (Å²) in [6.07, 6.45) is 0. The van der Waals surface area contributed by atoms with Gasteiger partial charge in [-0.2, -0.15) is 0 Å². The van der Waals surface area contributed by atoms with Crippen molar-refractivity contribution in [3.8, 4) is 11.5 Å². The van der Waals surface area contributed by atoms with E-state index >= 15 is 0 Å². The lowest BCUT2D eigenvalue weighted by atomic mass is 10.1. The van der Waals surface area contributed by atoms with Crippen LogP contribution in [0.1, 0.15) is 18.5 Å². The molecule has 2 aromatic rings. The minimum Gasteiger partial charge on any atom is -0.454 e. The quantitative estimate of drug-likeness (QED) is 0.914. The fraction of sp³-hybridized carbons (Fsp3) is 0.143. The van der Waals surface area contributed by atoms with Crippen molar-refractivity contribution in [1.29, 1.82) is 0 Å². The summed E-state index contributed by atoms with van der Waals surface area (Å²) in [5.74, 6) is -2.18. The van der Waals surface area contributed by atoms with Gasteiger partial charge in [-0.1, -0.05) is 6.07 Å². The molecule has 1 atom stereocenters. The first-order valence-corrected chi connectivity index (χ1v) is 5.66. The molecule has 2 N–H and O–H groups in total. The van der Waals surface area contributed by atoms with Gasteiger partial charge in [0.25, 0.3) is 0 Å². The fourth-order valence-corrected chi connectivity index (χ4v) is 1.72. The third-order valence-corrected chi connectivity index (χ3v) is 2.58. The maximum atomic E-state index is 13.7. The lowest BCUT2D eigenvalue weighted by Gasteiger charge is -2.14. The van der Waals surface area contributed by atoms with Crippen LogP contribution in [0.15, 0.2) is 36.4 Å². The summed E-state index contributed by atoms with van der Waals surface area (Å²) >= 11 is 0. The number of rotatable bonds is 3. The second-order valence-electron chi connectivity index (χ2n) is 4.12. The molecular formula is C14H12F3NO. The van der Waals surface area contributed by atoms with Crippen LogP contribution in [0.25, 0.3) is 0 Å². The average molecular weight is 267 g/mol. The fourth-order valence-electron chi connectivity index (χ4n) is 1.72. The van der Waals surface area contributed by atoms with Gasteiger partial charge >= 0.3 is 0 Å². The Kier molecular flexibility index (Phi) is 3.76. The van der Waals surface area contributed by atoms with E-state index in [-0.39, 0.29) is 17.1 Å². The zero-order chi connectivity index (χ0) is 14.0. The van der Waals surface area contributed by atoms with Gasteiger partial charge in [-0.25, -0.2) is 13.2 Å². The summed E-state index contributed by atoms with van der Waals surface area (Å²) < 4.78 is 45.2. The van der Waals surface area contributed by atoms with Crippen LogP contribution in [-0.2, 0) is 0 Å². The molecule has 0 saturated carbocycles. The van der Waals surface area contributed by atoms with Crippen molar-refractivity contribution in [2.24, 2.45) is 5.73 Å². The SMILES string of the molecule is C[C@H](N)c1c(F)cccc1Oc1ccc(F)cc1F. The number of benzene rings is 2. The predicted molar refractivity (Wildman–Crippen MR) is 65.4 cm³/mol.